The van der Waals surface area contributed by atoms with E-state index in [2.05, 4.69) is 17.0 Å². The number of furan rings is 1. The molecule has 0 unspecified atom stereocenters. The number of ether oxygens (including phenoxy) is 1. The highest BCUT2D eigenvalue weighted by Crippen LogP contribution is 2.25. The summed E-state index contributed by atoms with van der Waals surface area (Å²) < 4.78 is 13.4. The zero-order valence-electron chi connectivity index (χ0n) is 19.0. The van der Waals surface area contributed by atoms with E-state index < -0.39 is 0 Å². The Kier molecular flexibility index (Phi) is 6.79. The number of benzene rings is 2. The fraction of sp³-hybridized carbons (Fsp3) is 0.148. The highest BCUT2D eigenvalue weighted by Gasteiger charge is 2.10. The number of halogens is 1. The Morgan fingerprint density at radius 2 is 1.97 bits per heavy atom. The van der Waals surface area contributed by atoms with Gasteiger partial charge in [0.25, 0.3) is 5.56 Å². The first-order chi connectivity index (χ1) is 17.1. The molecule has 2 aromatic carbocycles. The summed E-state index contributed by atoms with van der Waals surface area (Å²) in [6.07, 6.45) is 7.55. The Labute approximate surface area is 210 Å². The topological polar surface area (TPSA) is 69.6 Å². The predicted octanol–water partition coefficient (Wildman–Crippen LogP) is 5.96. The van der Waals surface area contributed by atoms with E-state index in [0.29, 0.717) is 31.9 Å². The van der Waals surface area contributed by atoms with Crippen LogP contribution in [-0.4, -0.2) is 21.2 Å². The lowest BCUT2D eigenvalue weighted by molar-refractivity contribution is 0.309. The molecule has 0 atom stereocenters. The molecule has 5 rings (SSSR count). The zero-order valence-corrected chi connectivity index (χ0v) is 20.6. The van der Waals surface area contributed by atoms with Crippen LogP contribution < -0.4 is 14.8 Å². The van der Waals surface area contributed by atoms with Gasteiger partial charge < -0.3 is 9.15 Å². The van der Waals surface area contributed by atoms with E-state index in [9.17, 15) is 4.79 Å². The van der Waals surface area contributed by atoms with Crippen LogP contribution >= 0.6 is 22.9 Å². The minimum Gasteiger partial charge on any atom is -0.494 e. The van der Waals surface area contributed by atoms with Crippen molar-refractivity contribution in [3.63, 3.8) is 0 Å². The molecular formula is C27H22ClN3O3S. The predicted molar refractivity (Wildman–Crippen MR) is 141 cm³/mol. The van der Waals surface area contributed by atoms with Gasteiger partial charge in [-0.05, 0) is 54.5 Å². The van der Waals surface area contributed by atoms with E-state index in [1.54, 1.807) is 12.2 Å². The van der Waals surface area contributed by atoms with Gasteiger partial charge in [-0.1, -0.05) is 66.6 Å². The Morgan fingerprint density at radius 1 is 1.11 bits per heavy atom. The average molecular weight is 504 g/mol. The summed E-state index contributed by atoms with van der Waals surface area (Å²) in [6, 6.07) is 18.9. The molecule has 0 amide bonds. The van der Waals surface area contributed by atoms with Gasteiger partial charge in [-0.25, -0.2) is 0 Å². The maximum atomic E-state index is 12.8. The molecule has 35 heavy (non-hydrogen) atoms. The number of hydrogen-bond donors (Lipinski definition) is 0. The van der Waals surface area contributed by atoms with Crippen LogP contribution in [0.1, 0.15) is 36.9 Å². The third-order valence-electron chi connectivity index (χ3n) is 5.28. The van der Waals surface area contributed by atoms with Gasteiger partial charge in [0.2, 0.25) is 4.96 Å². The number of unbranched alkanes of at least 4 members (excludes halogenated alkanes) is 1. The van der Waals surface area contributed by atoms with Gasteiger partial charge in [-0.3, -0.25) is 4.79 Å². The molecule has 0 spiro atoms. The molecule has 0 N–H and O–H groups in total. The Balaban J connectivity index is 1.32. The van der Waals surface area contributed by atoms with Gasteiger partial charge >= 0.3 is 0 Å². The summed E-state index contributed by atoms with van der Waals surface area (Å²) in [7, 11) is 0. The number of fused-ring (bicyclic) bond motifs is 1. The molecule has 0 aliphatic rings. The van der Waals surface area contributed by atoms with E-state index in [0.717, 1.165) is 36.3 Å². The second-order valence-corrected chi connectivity index (χ2v) is 9.34. The maximum absolute atomic E-state index is 12.8. The van der Waals surface area contributed by atoms with Crippen LogP contribution in [0.25, 0.3) is 34.5 Å². The monoisotopic (exact) mass is 503 g/mol. The van der Waals surface area contributed by atoms with Crippen molar-refractivity contribution in [2.24, 2.45) is 0 Å². The van der Waals surface area contributed by atoms with Crippen molar-refractivity contribution in [3.8, 4) is 17.1 Å². The lowest BCUT2D eigenvalue weighted by Crippen LogP contribution is -2.23. The fourth-order valence-corrected chi connectivity index (χ4v) is 4.54. The van der Waals surface area contributed by atoms with Crippen LogP contribution in [0.2, 0.25) is 5.02 Å². The first kappa shape index (κ1) is 23.1. The molecule has 0 aliphatic heterocycles. The molecule has 8 heteroatoms. The maximum Gasteiger partial charge on any atom is 0.291 e. The molecule has 0 fully saturated rings. The van der Waals surface area contributed by atoms with Gasteiger partial charge in [0.1, 0.15) is 21.8 Å². The summed E-state index contributed by atoms with van der Waals surface area (Å²) in [6.45, 7) is 2.86. The third kappa shape index (κ3) is 5.37. The average Bonchev–Trinajstić information content (AvgIpc) is 3.56. The van der Waals surface area contributed by atoms with Gasteiger partial charge in [0.05, 0.1) is 6.61 Å². The van der Waals surface area contributed by atoms with Crippen LogP contribution in [0.15, 0.2) is 69.9 Å². The van der Waals surface area contributed by atoms with Crippen LogP contribution in [0, 0.1) is 0 Å². The van der Waals surface area contributed by atoms with Crippen LogP contribution in [0.5, 0.6) is 5.75 Å². The van der Waals surface area contributed by atoms with Crippen molar-refractivity contribution >= 4 is 46.1 Å². The quantitative estimate of drug-likeness (QED) is 0.244. The second kappa shape index (κ2) is 10.3. The van der Waals surface area contributed by atoms with E-state index in [1.165, 1.54) is 15.9 Å². The van der Waals surface area contributed by atoms with Crippen molar-refractivity contribution in [2.75, 3.05) is 6.61 Å². The van der Waals surface area contributed by atoms with Crippen LogP contribution in [-0.2, 0) is 0 Å². The molecule has 3 aromatic heterocycles. The summed E-state index contributed by atoms with van der Waals surface area (Å²) in [4.78, 5) is 17.8. The number of hydrogen-bond acceptors (Lipinski definition) is 6. The molecule has 5 aromatic rings. The molecule has 176 valence electrons. The molecule has 3 heterocycles. The summed E-state index contributed by atoms with van der Waals surface area (Å²) >= 11 is 7.34. The first-order valence-electron chi connectivity index (χ1n) is 11.3. The Morgan fingerprint density at radius 3 is 2.74 bits per heavy atom. The standard InChI is InChI=1S/C27H22ClN3O3S/c1-2-3-15-33-21-10-7-18(8-11-21)9-14-25-29-27-31(30-25)26(32)24(35-27)17-22-12-13-23(34-22)19-5-4-6-20(28)16-19/h4-14,16-17H,2-3,15H2,1H3/b14-9+,24-17-. The highest BCUT2D eigenvalue weighted by atomic mass is 35.5. The van der Waals surface area contributed by atoms with Crippen LogP contribution in [0.4, 0.5) is 0 Å². The van der Waals surface area contributed by atoms with E-state index >= 15 is 0 Å². The van der Waals surface area contributed by atoms with Crippen LogP contribution in [0.3, 0.4) is 0 Å². The molecule has 0 saturated carbocycles. The van der Waals surface area contributed by atoms with E-state index in [4.69, 9.17) is 20.8 Å². The van der Waals surface area contributed by atoms with E-state index in [1.807, 2.05) is 66.7 Å². The summed E-state index contributed by atoms with van der Waals surface area (Å²) in [5.74, 6) is 2.58. The molecule has 0 aliphatic carbocycles. The molecule has 0 saturated heterocycles. The molecule has 0 radical (unpaired) electrons. The lowest BCUT2D eigenvalue weighted by atomic mass is 10.2. The number of nitrogens with zero attached hydrogens (tertiary/aromatic N) is 3. The second-order valence-electron chi connectivity index (χ2n) is 7.90. The summed E-state index contributed by atoms with van der Waals surface area (Å²) in [5.41, 5.74) is 1.64. The Hall–Kier alpha value is -3.68. The van der Waals surface area contributed by atoms with E-state index in [-0.39, 0.29) is 5.56 Å². The zero-order chi connectivity index (χ0) is 24.2. The van der Waals surface area contributed by atoms with Gasteiger partial charge in [-0.15, -0.1) is 5.10 Å². The first-order valence-corrected chi connectivity index (χ1v) is 12.5. The largest absolute Gasteiger partial charge is 0.494 e. The van der Waals surface area contributed by atoms with Gasteiger partial charge in [0.15, 0.2) is 5.82 Å². The number of rotatable bonds is 8. The van der Waals surface area contributed by atoms with Gasteiger partial charge in [-0.2, -0.15) is 9.50 Å². The minimum atomic E-state index is -0.230. The smallest absolute Gasteiger partial charge is 0.291 e. The SMILES string of the molecule is CCCCOc1ccc(/C=C/c2nc3s/c(=C\c4ccc(-c5cccc(Cl)c5)o4)c(=O)n3n2)cc1. The number of thiazole rings is 1. The highest BCUT2D eigenvalue weighted by molar-refractivity contribution is 7.15. The molecule has 6 nitrogen and oxygen atoms in total. The van der Waals surface area contributed by atoms with Crippen molar-refractivity contribution in [3.05, 3.63) is 97.7 Å². The van der Waals surface area contributed by atoms with Crippen molar-refractivity contribution in [2.45, 2.75) is 19.8 Å². The molecule has 0 bridgehead atoms. The van der Waals surface area contributed by atoms with Crippen molar-refractivity contribution in [1.29, 1.82) is 0 Å². The summed E-state index contributed by atoms with van der Waals surface area (Å²) in [5, 5.41) is 4.98. The number of aromatic nitrogens is 3. The van der Waals surface area contributed by atoms with Crippen molar-refractivity contribution < 1.29 is 9.15 Å². The third-order valence-corrected chi connectivity index (χ3v) is 6.47. The fourth-order valence-electron chi connectivity index (χ4n) is 3.46. The van der Waals surface area contributed by atoms with Crippen molar-refractivity contribution in [1.82, 2.24) is 14.6 Å². The Bertz CT molecular complexity index is 1600. The van der Waals surface area contributed by atoms with Gasteiger partial charge in [0, 0.05) is 16.7 Å². The molecular weight excluding hydrogens is 482 g/mol. The normalized spacial score (nSPS) is 12.2. The lowest BCUT2D eigenvalue weighted by Gasteiger charge is -2.04. The minimum absolute atomic E-state index is 0.230.